The van der Waals surface area contributed by atoms with Crippen molar-refractivity contribution in [2.75, 3.05) is 7.11 Å². The number of carboxylic acids is 1. The molecule has 3 atom stereocenters. The Morgan fingerprint density at radius 2 is 1.76 bits per heavy atom. The van der Waals surface area contributed by atoms with Crippen LogP contribution in [-0.4, -0.2) is 57.2 Å². The van der Waals surface area contributed by atoms with Gasteiger partial charge in [0.2, 0.25) is 5.91 Å². The lowest BCUT2D eigenvalue weighted by Crippen LogP contribution is -2.54. The summed E-state index contributed by atoms with van der Waals surface area (Å²) in [5, 5.41) is 28.2. The lowest BCUT2D eigenvalue weighted by Gasteiger charge is -2.32. The van der Waals surface area contributed by atoms with Crippen LogP contribution in [0, 0.1) is 0 Å². The zero-order valence-corrected chi connectivity index (χ0v) is 22.1. The first-order valence-electron chi connectivity index (χ1n) is 13.2. The van der Waals surface area contributed by atoms with Crippen LogP contribution in [0.1, 0.15) is 38.8 Å². The van der Waals surface area contributed by atoms with Gasteiger partial charge in [0.15, 0.2) is 0 Å². The molecule has 1 aliphatic rings. The normalized spacial score (nSPS) is 17.2. The van der Waals surface area contributed by atoms with Crippen molar-refractivity contribution in [3.63, 3.8) is 0 Å². The molecule has 2 aromatic heterocycles. The van der Waals surface area contributed by atoms with Crippen molar-refractivity contribution < 1.29 is 29.3 Å². The van der Waals surface area contributed by atoms with Crippen LogP contribution in [0.15, 0.2) is 72.9 Å². The number of hydrogen-bond acceptors (Lipinski definition) is 6. The minimum atomic E-state index is -1.15. The molecular formula is C31H28N4O6. The molecule has 5 aromatic rings. The van der Waals surface area contributed by atoms with E-state index in [-0.39, 0.29) is 17.7 Å². The highest BCUT2D eigenvalue weighted by molar-refractivity contribution is 5.93. The molecule has 1 amide bonds. The summed E-state index contributed by atoms with van der Waals surface area (Å²) in [5.74, 6) is -2.49. The van der Waals surface area contributed by atoms with Gasteiger partial charge in [-0.15, -0.1) is 0 Å². The number of phenols is 1. The van der Waals surface area contributed by atoms with E-state index in [1.54, 1.807) is 12.3 Å². The SMILES string of the molecule is COC(=O)c1cc([C@H]2N[C@H](C(=O)N[C@@H](Cc3c[nH]c4ccccc34)C(=O)O)Cc3c2[nH]c2ccccc32)ccc1O. The summed E-state index contributed by atoms with van der Waals surface area (Å²) in [4.78, 5) is 44.8. The van der Waals surface area contributed by atoms with E-state index in [0.717, 1.165) is 38.6 Å². The molecule has 10 heteroatoms. The number of nitrogens with one attached hydrogen (secondary N) is 4. The van der Waals surface area contributed by atoms with Crippen LogP contribution in [-0.2, 0) is 27.2 Å². The number of hydrogen-bond donors (Lipinski definition) is 6. The number of esters is 1. The van der Waals surface area contributed by atoms with Crippen molar-refractivity contribution in [1.82, 2.24) is 20.6 Å². The van der Waals surface area contributed by atoms with Gasteiger partial charge < -0.3 is 30.2 Å². The van der Waals surface area contributed by atoms with Gasteiger partial charge in [0.05, 0.1) is 19.2 Å². The number of amides is 1. The predicted molar refractivity (Wildman–Crippen MR) is 152 cm³/mol. The number of ether oxygens (including phenoxy) is 1. The Morgan fingerprint density at radius 1 is 1.02 bits per heavy atom. The van der Waals surface area contributed by atoms with Crippen molar-refractivity contribution in [3.05, 3.63) is 101 Å². The molecule has 3 heterocycles. The highest BCUT2D eigenvalue weighted by Crippen LogP contribution is 2.36. The van der Waals surface area contributed by atoms with E-state index < -0.39 is 36.0 Å². The van der Waals surface area contributed by atoms with Crippen LogP contribution < -0.4 is 10.6 Å². The number of methoxy groups -OCH3 is 1. The number of H-pyrrole nitrogens is 2. The summed E-state index contributed by atoms with van der Waals surface area (Å²) >= 11 is 0. The summed E-state index contributed by atoms with van der Waals surface area (Å²) < 4.78 is 4.82. The third-order valence-electron chi connectivity index (χ3n) is 7.70. The standard InChI is InChI=1S/C31H28N4O6/c1-41-31(40)21-12-16(10-11-26(21)36)27-28-20(19-7-3-5-9-23(19)33-28)14-24(34-27)29(37)35-25(30(38)39)13-17-15-32-22-8-4-2-6-18(17)22/h2-12,15,24-25,27,32-34,36H,13-14H2,1H3,(H,35,37)(H,38,39)/t24-,25-,27+/m0/s1. The van der Waals surface area contributed by atoms with E-state index in [1.807, 2.05) is 48.5 Å². The molecule has 0 aliphatic carbocycles. The molecule has 1 aliphatic heterocycles. The maximum atomic E-state index is 13.7. The molecule has 0 unspecified atom stereocenters. The van der Waals surface area contributed by atoms with Crippen molar-refractivity contribution in [2.24, 2.45) is 0 Å². The van der Waals surface area contributed by atoms with E-state index in [2.05, 4.69) is 20.6 Å². The number of aromatic nitrogens is 2. The van der Waals surface area contributed by atoms with Crippen LogP contribution in [0.4, 0.5) is 0 Å². The molecule has 10 nitrogen and oxygen atoms in total. The summed E-state index contributed by atoms with van der Waals surface area (Å²) in [6.45, 7) is 0. The lowest BCUT2D eigenvalue weighted by molar-refractivity contribution is -0.142. The fourth-order valence-electron chi connectivity index (χ4n) is 5.67. The Hall–Kier alpha value is -5.09. The second-order valence-electron chi connectivity index (χ2n) is 10.2. The van der Waals surface area contributed by atoms with Gasteiger partial charge in [-0.05, 0) is 47.4 Å². The second-order valence-corrected chi connectivity index (χ2v) is 10.2. The molecule has 0 saturated carbocycles. The number of carboxylic acid groups (broad SMARTS) is 1. The number of benzene rings is 3. The first kappa shape index (κ1) is 26.1. The number of carbonyl (C=O) groups excluding carboxylic acids is 2. The molecule has 0 radical (unpaired) electrons. The van der Waals surface area contributed by atoms with Crippen LogP contribution in [0.5, 0.6) is 5.75 Å². The smallest absolute Gasteiger partial charge is 0.341 e. The Kier molecular flexibility index (Phi) is 6.68. The van der Waals surface area contributed by atoms with Gasteiger partial charge >= 0.3 is 11.9 Å². The molecule has 0 saturated heterocycles. The minimum Gasteiger partial charge on any atom is -0.507 e. The first-order chi connectivity index (χ1) is 19.8. The summed E-state index contributed by atoms with van der Waals surface area (Å²) in [7, 11) is 1.23. The molecular weight excluding hydrogens is 524 g/mol. The quantitative estimate of drug-likeness (QED) is 0.169. The summed E-state index contributed by atoms with van der Waals surface area (Å²) in [6, 6.07) is 17.5. The van der Waals surface area contributed by atoms with Crippen molar-refractivity contribution in [1.29, 1.82) is 0 Å². The molecule has 208 valence electrons. The Labute approximate surface area is 234 Å². The van der Waals surface area contributed by atoms with Crippen molar-refractivity contribution in [3.8, 4) is 5.75 Å². The van der Waals surface area contributed by atoms with Crippen LogP contribution in [0.2, 0.25) is 0 Å². The number of fused-ring (bicyclic) bond motifs is 4. The van der Waals surface area contributed by atoms with E-state index in [0.29, 0.717) is 12.0 Å². The Balaban J connectivity index is 1.33. The first-order valence-corrected chi connectivity index (χ1v) is 13.2. The third-order valence-corrected chi connectivity index (χ3v) is 7.70. The van der Waals surface area contributed by atoms with Gasteiger partial charge in [0, 0.05) is 40.1 Å². The Morgan fingerprint density at radius 3 is 2.51 bits per heavy atom. The van der Waals surface area contributed by atoms with Gasteiger partial charge in [-0.3, -0.25) is 10.1 Å². The van der Waals surface area contributed by atoms with E-state index in [9.17, 15) is 24.6 Å². The summed E-state index contributed by atoms with van der Waals surface area (Å²) in [6.07, 6.45) is 2.20. The van der Waals surface area contributed by atoms with Gasteiger partial charge in [0.1, 0.15) is 17.4 Å². The van der Waals surface area contributed by atoms with Crippen molar-refractivity contribution in [2.45, 2.75) is 31.0 Å². The molecule has 41 heavy (non-hydrogen) atoms. The van der Waals surface area contributed by atoms with E-state index in [4.69, 9.17) is 4.74 Å². The number of aromatic hydroxyl groups is 1. The number of para-hydroxylation sites is 2. The predicted octanol–water partition coefficient (Wildman–Crippen LogP) is 3.56. The topological polar surface area (TPSA) is 157 Å². The molecule has 0 fully saturated rings. The maximum absolute atomic E-state index is 13.7. The van der Waals surface area contributed by atoms with Gasteiger partial charge in [-0.1, -0.05) is 42.5 Å². The van der Waals surface area contributed by atoms with Crippen molar-refractivity contribution >= 4 is 39.7 Å². The molecule has 0 spiro atoms. The van der Waals surface area contributed by atoms with Gasteiger partial charge in [-0.2, -0.15) is 0 Å². The largest absolute Gasteiger partial charge is 0.507 e. The highest BCUT2D eigenvalue weighted by Gasteiger charge is 2.36. The van der Waals surface area contributed by atoms with Gasteiger partial charge in [-0.25, -0.2) is 9.59 Å². The number of phenolic OH excluding ortho intramolecular Hbond substituents is 1. The average Bonchev–Trinajstić information content (AvgIpc) is 3.57. The minimum absolute atomic E-state index is 0.000654. The molecule has 0 bridgehead atoms. The third kappa shape index (κ3) is 4.78. The summed E-state index contributed by atoms with van der Waals surface area (Å²) in [5.41, 5.74) is 4.94. The zero-order chi connectivity index (χ0) is 28.7. The Bertz CT molecular complexity index is 1810. The van der Waals surface area contributed by atoms with Crippen LogP contribution in [0.25, 0.3) is 21.8 Å². The number of carbonyl (C=O) groups is 3. The van der Waals surface area contributed by atoms with E-state index in [1.165, 1.54) is 19.2 Å². The number of aromatic amines is 2. The van der Waals surface area contributed by atoms with Gasteiger partial charge in [0.25, 0.3) is 0 Å². The number of aliphatic carboxylic acids is 1. The van der Waals surface area contributed by atoms with E-state index >= 15 is 0 Å². The highest BCUT2D eigenvalue weighted by atomic mass is 16.5. The maximum Gasteiger partial charge on any atom is 0.341 e. The zero-order valence-electron chi connectivity index (χ0n) is 22.1. The molecule has 3 aromatic carbocycles. The average molecular weight is 553 g/mol. The molecule has 6 rings (SSSR count). The van der Waals surface area contributed by atoms with Crippen LogP contribution in [0.3, 0.4) is 0 Å². The fraction of sp³-hybridized carbons (Fsp3) is 0.194. The monoisotopic (exact) mass is 552 g/mol. The lowest BCUT2D eigenvalue weighted by atomic mass is 9.89. The number of rotatable bonds is 7. The molecule has 6 N–H and O–H groups in total. The second kappa shape index (κ2) is 10.5. The van der Waals surface area contributed by atoms with Crippen LogP contribution >= 0.6 is 0 Å². The fourth-order valence-corrected chi connectivity index (χ4v) is 5.67.